The molecule has 2 heterocycles. The zero-order chi connectivity index (χ0) is 15.1. The fourth-order valence-electron chi connectivity index (χ4n) is 2.49. The van der Waals surface area contributed by atoms with Crippen LogP contribution in [0.1, 0.15) is 23.0 Å². The quantitative estimate of drug-likeness (QED) is 0.734. The van der Waals surface area contributed by atoms with E-state index in [4.69, 9.17) is 5.73 Å². The van der Waals surface area contributed by atoms with Crippen LogP contribution in [0.3, 0.4) is 0 Å². The number of nitrogen functional groups attached to an aromatic ring is 1. The number of anilines is 1. The van der Waals surface area contributed by atoms with E-state index in [1.807, 2.05) is 12.1 Å². The van der Waals surface area contributed by atoms with Gasteiger partial charge in [-0.15, -0.1) is 0 Å². The van der Waals surface area contributed by atoms with E-state index in [1.54, 1.807) is 29.7 Å². The Labute approximate surface area is 121 Å². The number of hydrogen-bond acceptors (Lipinski definition) is 3. The molecule has 0 bridgehead atoms. The summed E-state index contributed by atoms with van der Waals surface area (Å²) in [5.41, 5.74) is 8.87. The van der Waals surface area contributed by atoms with Crippen molar-refractivity contribution in [3.63, 3.8) is 0 Å². The molecule has 0 aliphatic heterocycles. The summed E-state index contributed by atoms with van der Waals surface area (Å²) >= 11 is 0. The first-order chi connectivity index (χ1) is 9.99. The Balaban J connectivity index is 2.28. The van der Waals surface area contributed by atoms with Gasteiger partial charge in [0.1, 0.15) is 17.2 Å². The van der Waals surface area contributed by atoms with E-state index in [-0.39, 0.29) is 17.4 Å². The SMILES string of the molecule is CC(=O)c1c(N)nc2ccc(-c3cccc(F)c3C)cn12. The third-order valence-electron chi connectivity index (χ3n) is 3.56. The molecule has 2 N–H and O–H groups in total. The summed E-state index contributed by atoms with van der Waals surface area (Å²) in [4.78, 5) is 15.9. The molecule has 21 heavy (non-hydrogen) atoms. The molecule has 106 valence electrons. The zero-order valence-corrected chi connectivity index (χ0v) is 11.7. The number of nitrogens with two attached hydrogens (primary N) is 1. The number of fused-ring (bicyclic) bond motifs is 1. The molecule has 0 aliphatic rings. The summed E-state index contributed by atoms with van der Waals surface area (Å²) in [6.07, 6.45) is 1.76. The molecule has 4 nitrogen and oxygen atoms in total. The molecule has 0 spiro atoms. The molecule has 0 fully saturated rings. The molecule has 3 rings (SSSR count). The van der Waals surface area contributed by atoms with Crippen LogP contribution in [-0.2, 0) is 0 Å². The summed E-state index contributed by atoms with van der Waals surface area (Å²) in [5.74, 6) is -0.215. The highest BCUT2D eigenvalue weighted by Gasteiger charge is 2.15. The Morgan fingerprint density at radius 2 is 2.05 bits per heavy atom. The molecular weight excluding hydrogens is 269 g/mol. The van der Waals surface area contributed by atoms with Crippen molar-refractivity contribution < 1.29 is 9.18 Å². The number of carbonyl (C=O) groups excluding carboxylic acids is 1. The predicted molar refractivity (Wildman–Crippen MR) is 79.7 cm³/mol. The van der Waals surface area contributed by atoms with Gasteiger partial charge in [0.25, 0.3) is 0 Å². The van der Waals surface area contributed by atoms with Gasteiger partial charge in [-0.05, 0) is 41.8 Å². The van der Waals surface area contributed by atoms with Crippen molar-refractivity contribution in [3.05, 3.63) is 53.6 Å². The summed E-state index contributed by atoms with van der Waals surface area (Å²) in [5, 5.41) is 0. The van der Waals surface area contributed by atoms with Crippen LogP contribution in [0, 0.1) is 12.7 Å². The molecule has 1 aromatic carbocycles. The average Bonchev–Trinajstić information content (AvgIpc) is 2.76. The van der Waals surface area contributed by atoms with Crippen LogP contribution in [0.15, 0.2) is 36.5 Å². The molecule has 5 heteroatoms. The van der Waals surface area contributed by atoms with Crippen molar-refractivity contribution in [1.82, 2.24) is 9.38 Å². The van der Waals surface area contributed by atoms with E-state index >= 15 is 0 Å². The lowest BCUT2D eigenvalue weighted by atomic mass is 10.0. The Hall–Kier alpha value is -2.69. The Bertz CT molecular complexity index is 867. The highest BCUT2D eigenvalue weighted by Crippen LogP contribution is 2.27. The summed E-state index contributed by atoms with van der Waals surface area (Å²) in [6.45, 7) is 3.17. The van der Waals surface area contributed by atoms with Gasteiger partial charge in [-0.1, -0.05) is 12.1 Å². The molecule has 3 aromatic rings. The fraction of sp³-hybridized carbons (Fsp3) is 0.125. The smallest absolute Gasteiger partial charge is 0.180 e. The molecule has 0 saturated heterocycles. The number of rotatable bonds is 2. The number of pyridine rings is 1. The number of hydrogen-bond donors (Lipinski definition) is 1. The second-order valence-corrected chi connectivity index (χ2v) is 4.96. The first-order valence-corrected chi connectivity index (χ1v) is 6.53. The minimum Gasteiger partial charge on any atom is -0.382 e. The Morgan fingerprint density at radius 1 is 1.29 bits per heavy atom. The number of Topliss-reactive ketones (excluding diaryl/α,β-unsaturated/α-hetero) is 1. The third kappa shape index (κ3) is 2.07. The second kappa shape index (κ2) is 4.70. The monoisotopic (exact) mass is 283 g/mol. The maximum Gasteiger partial charge on any atom is 0.180 e. The van der Waals surface area contributed by atoms with Crippen LogP contribution in [0.5, 0.6) is 0 Å². The Morgan fingerprint density at radius 3 is 2.76 bits per heavy atom. The molecule has 0 aliphatic carbocycles. The molecule has 0 atom stereocenters. The summed E-state index contributed by atoms with van der Waals surface area (Å²) in [6, 6.07) is 8.53. The van der Waals surface area contributed by atoms with Gasteiger partial charge in [-0.2, -0.15) is 0 Å². The number of aromatic nitrogens is 2. The van der Waals surface area contributed by atoms with Gasteiger partial charge in [0.2, 0.25) is 0 Å². The second-order valence-electron chi connectivity index (χ2n) is 4.96. The van der Waals surface area contributed by atoms with Crippen molar-refractivity contribution in [1.29, 1.82) is 0 Å². The maximum atomic E-state index is 13.7. The molecule has 0 amide bonds. The van der Waals surface area contributed by atoms with Crippen LogP contribution < -0.4 is 5.73 Å². The molecular formula is C16H14FN3O. The normalized spacial score (nSPS) is 11.0. The van der Waals surface area contributed by atoms with Gasteiger partial charge in [0.15, 0.2) is 11.6 Å². The molecule has 0 saturated carbocycles. The zero-order valence-electron chi connectivity index (χ0n) is 11.7. The summed E-state index contributed by atoms with van der Waals surface area (Å²) < 4.78 is 15.3. The van der Waals surface area contributed by atoms with Crippen LogP contribution in [-0.4, -0.2) is 15.2 Å². The standard InChI is InChI=1S/C16H14FN3O/c1-9-12(4-3-5-13(9)17)11-6-7-14-19-16(18)15(10(2)21)20(14)8-11/h3-8H,18H2,1-2H3. The minimum absolute atomic E-state index is 0.159. The van der Waals surface area contributed by atoms with Gasteiger partial charge in [-0.25, -0.2) is 9.37 Å². The van der Waals surface area contributed by atoms with Crippen molar-refractivity contribution in [2.75, 3.05) is 5.73 Å². The lowest BCUT2D eigenvalue weighted by Gasteiger charge is -2.08. The predicted octanol–water partition coefficient (Wildman–Crippen LogP) is 3.23. The van der Waals surface area contributed by atoms with E-state index in [0.29, 0.717) is 16.9 Å². The van der Waals surface area contributed by atoms with Gasteiger partial charge < -0.3 is 5.73 Å². The number of ketones is 1. The first-order valence-electron chi connectivity index (χ1n) is 6.53. The number of halogens is 1. The fourth-order valence-corrected chi connectivity index (χ4v) is 2.49. The van der Waals surface area contributed by atoms with E-state index in [2.05, 4.69) is 4.98 Å². The number of benzene rings is 1. The minimum atomic E-state index is -0.260. The van der Waals surface area contributed by atoms with E-state index in [0.717, 1.165) is 11.1 Å². The van der Waals surface area contributed by atoms with Crippen molar-refractivity contribution in [2.45, 2.75) is 13.8 Å². The summed E-state index contributed by atoms with van der Waals surface area (Å²) in [7, 11) is 0. The highest BCUT2D eigenvalue weighted by atomic mass is 19.1. The maximum absolute atomic E-state index is 13.7. The van der Waals surface area contributed by atoms with Gasteiger partial charge in [-0.3, -0.25) is 9.20 Å². The van der Waals surface area contributed by atoms with E-state index in [1.165, 1.54) is 13.0 Å². The van der Waals surface area contributed by atoms with Crippen molar-refractivity contribution in [2.24, 2.45) is 0 Å². The van der Waals surface area contributed by atoms with Crippen LogP contribution in [0.4, 0.5) is 10.2 Å². The molecule has 0 radical (unpaired) electrons. The van der Waals surface area contributed by atoms with Crippen LogP contribution >= 0.6 is 0 Å². The largest absolute Gasteiger partial charge is 0.382 e. The number of imidazole rings is 1. The molecule has 2 aromatic heterocycles. The number of nitrogens with zero attached hydrogens (tertiary/aromatic N) is 2. The van der Waals surface area contributed by atoms with Crippen molar-refractivity contribution in [3.8, 4) is 11.1 Å². The lowest BCUT2D eigenvalue weighted by molar-refractivity contribution is 0.101. The lowest BCUT2D eigenvalue weighted by Crippen LogP contribution is -2.02. The molecule has 0 unspecified atom stereocenters. The third-order valence-corrected chi connectivity index (χ3v) is 3.56. The van der Waals surface area contributed by atoms with Gasteiger partial charge >= 0.3 is 0 Å². The van der Waals surface area contributed by atoms with Crippen LogP contribution in [0.25, 0.3) is 16.8 Å². The van der Waals surface area contributed by atoms with Gasteiger partial charge in [0, 0.05) is 13.1 Å². The van der Waals surface area contributed by atoms with E-state index in [9.17, 15) is 9.18 Å². The van der Waals surface area contributed by atoms with E-state index < -0.39 is 0 Å². The number of carbonyl (C=O) groups is 1. The average molecular weight is 283 g/mol. The highest BCUT2D eigenvalue weighted by molar-refractivity contribution is 5.98. The van der Waals surface area contributed by atoms with Crippen molar-refractivity contribution >= 4 is 17.2 Å². The first kappa shape index (κ1) is 13.3. The topological polar surface area (TPSA) is 60.4 Å². The van der Waals surface area contributed by atoms with Gasteiger partial charge in [0.05, 0.1) is 0 Å². The Kier molecular flexibility index (Phi) is 2.97. The van der Waals surface area contributed by atoms with Crippen LogP contribution in [0.2, 0.25) is 0 Å².